The van der Waals surface area contributed by atoms with Crippen molar-refractivity contribution in [1.82, 2.24) is 25.1 Å². The van der Waals surface area contributed by atoms with Crippen LogP contribution < -0.4 is 5.32 Å². The Morgan fingerprint density at radius 2 is 1.92 bits per heavy atom. The Morgan fingerprint density at radius 1 is 1.19 bits per heavy atom. The molecule has 5 nitrogen and oxygen atoms in total. The standard InChI is InChI=1S/C18H19F2N5S/c1-11(21-7-13-8-22-18(26-3)23-9-13)15-10-24-25(12(15)2)17-5-4-14(19)6-16(17)20/h4-6,8-11,21H,7H2,1-3H3/t11-/m0/s1. The molecule has 0 amide bonds. The maximum absolute atomic E-state index is 14.0. The van der Waals surface area contributed by atoms with Gasteiger partial charge in [-0.15, -0.1) is 0 Å². The van der Waals surface area contributed by atoms with Gasteiger partial charge in [0, 0.05) is 47.9 Å². The number of halogens is 2. The summed E-state index contributed by atoms with van der Waals surface area (Å²) in [6.45, 7) is 4.47. The highest BCUT2D eigenvalue weighted by Crippen LogP contribution is 2.22. The molecule has 8 heteroatoms. The quantitative estimate of drug-likeness (QED) is 0.524. The molecule has 3 aromatic rings. The zero-order chi connectivity index (χ0) is 18.7. The Morgan fingerprint density at radius 3 is 2.58 bits per heavy atom. The summed E-state index contributed by atoms with van der Waals surface area (Å²) in [6, 6.07) is 3.46. The number of nitrogens with one attached hydrogen (secondary N) is 1. The predicted octanol–water partition coefficient (Wildman–Crippen LogP) is 3.82. The van der Waals surface area contributed by atoms with E-state index < -0.39 is 11.6 Å². The molecule has 0 bridgehead atoms. The molecule has 0 aliphatic heterocycles. The molecular formula is C18H19F2N5S. The summed E-state index contributed by atoms with van der Waals surface area (Å²) in [5.74, 6) is -1.25. The van der Waals surface area contributed by atoms with E-state index in [9.17, 15) is 8.78 Å². The first-order valence-corrected chi connectivity index (χ1v) is 9.30. The Balaban J connectivity index is 1.73. The third-order valence-electron chi connectivity index (χ3n) is 4.13. The minimum Gasteiger partial charge on any atom is -0.306 e. The first-order valence-electron chi connectivity index (χ1n) is 8.08. The summed E-state index contributed by atoms with van der Waals surface area (Å²) in [4.78, 5) is 8.50. The van der Waals surface area contributed by atoms with Gasteiger partial charge in [-0.1, -0.05) is 11.8 Å². The number of aromatic nitrogens is 4. The smallest absolute Gasteiger partial charge is 0.187 e. The fraction of sp³-hybridized carbons (Fsp3) is 0.278. The molecule has 0 radical (unpaired) electrons. The van der Waals surface area contributed by atoms with E-state index in [4.69, 9.17) is 0 Å². The topological polar surface area (TPSA) is 55.6 Å². The van der Waals surface area contributed by atoms with Crippen LogP contribution in [0.25, 0.3) is 5.69 Å². The van der Waals surface area contributed by atoms with Gasteiger partial charge in [-0.25, -0.2) is 23.4 Å². The molecule has 136 valence electrons. The van der Waals surface area contributed by atoms with Gasteiger partial charge in [0.15, 0.2) is 11.0 Å². The molecule has 26 heavy (non-hydrogen) atoms. The average molecular weight is 375 g/mol. The summed E-state index contributed by atoms with van der Waals surface area (Å²) in [5.41, 5.74) is 2.94. The van der Waals surface area contributed by atoms with E-state index in [-0.39, 0.29) is 11.7 Å². The second-order valence-corrected chi connectivity index (χ2v) is 6.65. The van der Waals surface area contributed by atoms with E-state index in [1.54, 1.807) is 18.6 Å². The lowest BCUT2D eigenvalue weighted by Crippen LogP contribution is -2.19. The maximum Gasteiger partial charge on any atom is 0.187 e. The van der Waals surface area contributed by atoms with Crippen LogP contribution in [0, 0.1) is 18.6 Å². The van der Waals surface area contributed by atoms with Crippen molar-refractivity contribution < 1.29 is 8.78 Å². The molecule has 0 aliphatic rings. The molecule has 2 heterocycles. The van der Waals surface area contributed by atoms with Crippen LogP contribution >= 0.6 is 11.8 Å². The van der Waals surface area contributed by atoms with Crippen LogP contribution in [0.5, 0.6) is 0 Å². The van der Waals surface area contributed by atoms with E-state index in [1.807, 2.05) is 20.1 Å². The lowest BCUT2D eigenvalue weighted by atomic mass is 10.1. The summed E-state index contributed by atoms with van der Waals surface area (Å²) in [7, 11) is 0. The molecule has 0 spiro atoms. The fourth-order valence-corrected chi connectivity index (χ4v) is 2.98. The molecule has 0 saturated heterocycles. The Labute approximate surface area is 154 Å². The lowest BCUT2D eigenvalue weighted by Gasteiger charge is -2.14. The summed E-state index contributed by atoms with van der Waals surface area (Å²) >= 11 is 1.50. The van der Waals surface area contributed by atoms with Gasteiger partial charge in [0.1, 0.15) is 11.5 Å². The molecule has 0 unspecified atom stereocenters. The van der Waals surface area contributed by atoms with Crippen LogP contribution in [0.2, 0.25) is 0 Å². The first kappa shape index (κ1) is 18.5. The van der Waals surface area contributed by atoms with E-state index in [1.165, 1.54) is 28.6 Å². The molecule has 0 saturated carbocycles. The molecular weight excluding hydrogens is 356 g/mol. The largest absolute Gasteiger partial charge is 0.306 e. The van der Waals surface area contributed by atoms with Crippen molar-refractivity contribution in [2.24, 2.45) is 0 Å². The van der Waals surface area contributed by atoms with Crippen LogP contribution in [0.4, 0.5) is 8.78 Å². The Bertz CT molecular complexity index is 895. The highest BCUT2D eigenvalue weighted by atomic mass is 32.2. The molecule has 3 rings (SSSR count). The number of nitrogens with zero attached hydrogens (tertiary/aromatic N) is 4. The minimum absolute atomic E-state index is 0.00696. The Kier molecular flexibility index (Phi) is 5.63. The van der Waals surface area contributed by atoms with Crippen molar-refractivity contribution >= 4 is 11.8 Å². The normalized spacial score (nSPS) is 12.3. The van der Waals surface area contributed by atoms with Crippen LogP contribution in [0.15, 0.2) is 41.9 Å². The van der Waals surface area contributed by atoms with Gasteiger partial charge in [-0.3, -0.25) is 0 Å². The van der Waals surface area contributed by atoms with Crippen LogP contribution in [-0.4, -0.2) is 26.0 Å². The molecule has 1 atom stereocenters. The van der Waals surface area contributed by atoms with Gasteiger partial charge in [-0.05, 0) is 32.2 Å². The van der Waals surface area contributed by atoms with Crippen molar-refractivity contribution in [3.8, 4) is 5.69 Å². The summed E-state index contributed by atoms with van der Waals surface area (Å²) in [6.07, 6.45) is 7.22. The summed E-state index contributed by atoms with van der Waals surface area (Å²) < 4.78 is 28.6. The minimum atomic E-state index is -0.644. The monoisotopic (exact) mass is 375 g/mol. The molecule has 0 fully saturated rings. The van der Waals surface area contributed by atoms with Gasteiger partial charge < -0.3 is 5.32 Å². The highest BCUT2D eigenvalue weighted by Gasteiger charge is 2.16. The second-order valence-electron chi connectivity index (χ2n) is 5.87. The maximum atomic E-state index is 14.0. The number of benzene rings is 1. The molecule has 1 N–H and O–H groups in total. The van der Waals surface area contributed by atoms with Gasteiger partial charge in [0.2, 0.25) is 0 Å². The molecule has 0 aliphatic carbocycles. The van der Waals surface area contributed by atoms with Crippen molar-refractivity contribution in [3.63, 3.8) is 0 Å². The first-order chi connectivity index (χ1) is 12.5. The number of rotatable bonds is 6. The van der Waals surface area contributed by atoms with Gasteiger partial charge in [-0.2, -0.15) is 5.10 Å². The second kappa shape index (κ2) is 7.92. The number of hydrogen-bond donors (Lipinski definition) is 1. The lowest BCUT2D eigenvalue weighted by molar-refractivity contribution is 0.564. The van der Waals surface area contributed by atoms with Crippen molar-refractivity contribution in [1.29, 1.82) is 0 Å². The van der Waals surface area contributed by atoms with Crippen LogP contribution in [0.1, 0.15) is 29.8 Å². The average Bonchev–Trinajstić information content (AvgIpc) is 3.01. The Hall–Kier alpha value is -2.32. The number of hydrogen-bond acceptors (Lipinski definition) is 5. The number of thioether (sulfide) groups is 1. The van der Waals surface area contributed by atoms with Crippen molar-refractivity contribution in [2.45, 2.75) is 31.6 Å². The van der Waals surface area contributed by atoms with Crippen LogP contribution in [0.3, 0.4) is 0 Å². The van der Waals surface area contributed by atoms with Crippen molar-refractivity contribution in [3.05, 3.63) is 65.2 Å². The van der Waals surface area contributed by atoms with E-state index in [2.05, 4.69) is 20.4 Å². The highest BCUT2D eigenvalue weighted by molar-refractivity contribution is 7.98. The van der Waals surface area contributed by atoms with Gasteiger partial charge in [0.05, 0.1) is 6.20 Å². The van der Waals surface area contributed by atoms with Crippen molar-refractivity contribution in [2.75, 3.05) is 6.26 Å². The van der Waals surface area contributed by atoms with E-state index >= 15 is 0 Å². The van der Waals surface area contributed by atoms with Crippen LogP contribution in [-0.2, 0) is 6.54 Å². The zero-order valence-electron chi connectivity index (χ0n) is 14.7. The third kappa shape index (κ3) is 3.91. The summed E-state index contributed by atoms with van der Waals surface area (Å²) in [5, 5.41) is 8.39. The van der Waals surface area contributed by atoms with Gasteiger partial charge in [0.25, 0.3) is 0 Å². The van der Waals surface area contributed by atoms with E-state index in [0.717, 1.165) is 28.0 Å². The predicted molar refractivity (Wildman–Crippen MR) is 97.3 cm³/mol. The molecule has 2 aromatic heterocycles. The van der Waals surface area contributed by atoms with Gasteiger partial charge >= 0.3 is 0 Å². The molecule has 1 aromatic carbocycles. The zero-order valence-corrected chi connectivity index (χ0v) is 15.5. The SMILES string of the molecule is CSc1ncc(CN[C@@H](C)c2cnn(-c3ccc(F)cc3F)c2C)cn1. The fourth-order valence-electron chi connectivity index (χ4n) is 2.66. The third-order valence-corrected chi connectivity index (χ3v) is 4.70. The van der Waals surface area contributed by atoms with E-state index in [0.29, 0.717) is 6.54 Å².